The molecule has 2 aromatic carbocycles. The van der Waals surface area contributed by atoms with E-state index in [9.17, 15) is 9.59 Å². The highest BCUT2D eigenvalue weighted by atomic mass is 16.1. The van der Waals surface area contributed by atoms with Crippen LogP contribution in [0.5, 0.6) is 0 Å². The highest BCUT2D eigenvalue weighted by Crippen LogP contribution is 2.46. The molecule has 2 aliphatic rings. The predicted octanol–water partition coefficient (Wildman–Crippen LogP) is 1.57. The van der Waals surface area contributed by atoms with E-state index >= 15 is 0 Å². The molecule has 0 saturated carbocycles. The number of carbonyl (C=O) groups is 2. The number of benzene rings is 2. The summed E-state index contributed by atoms with van der Waals surface area (Å²) >= 11 is 0. The highest BCUT2D eigenvalue weighted by Gasteiger charge is 2.45. The van der Waals surface area contributed by atoms with E-state index in [0.29, 0.717) is 33.6 Å². The second kappa shape index (κ2) is 4.18. The number of nitrogens with zero attached hydrogens (tertiary/aromatic N) is 2. The Morgan fingerprint density at radius 3 is 2.09 bits per heavy atom. The van der Waals surface area contributed by atoms with Crippen molar-refractivity contribution in [2.24, 2.45) is 11.7 Å². The number of hydrogen-bond donors (Lipinski definition) is 2. The van der Waals surface area contributed by atoms with Crippen molar-refractivity contribution in [3.8, 4) is 0 Å². The third-order valence-corrected chi connectivity index (χ3v) is 4.72. The maximum Gasteiger partial charge on any atom is 0.196 e. The van der Waals surface area contributed by atoms with E-state index < -0.39 is 5.66 Å². The molecular formula is C17H16N4O2. The molecular weight excluding hydrogens is 292 g/mol. The molecule has 116 valence electrons. The average Bonchev–Trinajstić information content (AvgIpc) is 2.73. The van der Waals surface area contributed by atoms with E-state index in [0.717, 1.165) is 0 Å². The molecule has 0 saturated heterocycles. The lowest BCUT2D eigenvalue weighted by atomic mass is 9.83. The largest absolute Gasteiger partial charge is 0.289 e. The Morgan fingerprint density at radius 2 is 1.43 bits per heavy atom. The number of hydrazine groups is 2. The molecule has 0 aromatic heterocycles. The van der Waals surface area contributed by atoms with Crippen molar-refractivity contribution in [3.63, 3.8) is 0 Å². The normalized spacial score (nSPS) is 17.9. The molecule has 6 heteroatoms. The van der Waals surface area contributed by atoms with Crippen molar-refractivity contribution in [1.29, 1.82) is 0 Å². The van der Waals surface area contributed by atoms with Crippen LogP contribution in [0, 0.1) is 0 Å². The monoisotopic (exact) mass is 308 g/mol. The molecule has 0 bridgehead atoms. The van der Waals surface area contributed by atoms with Crippen LogP contribution >= 0.6 is 0 Å². The number of carbonyl (C=O) groups excluding carboxylic acids is 2. The van der Waals surface area contributed by atoms with E-state index in [4.69, 9.17) is 11.7 Å². The lowest BCUT2D eigenvalue weighted by Crippen LogP contribution is -2.58. The lowest BCUT2D eigenvalue weighted by molar-refractivity contribution is 0.0979. The average molecular weight is 308 g/mol. The minimum atomic E-state index is -0.697. The van der Waals surface area contributed by atoms with Gasteiger partial charge in [0.1, 0.15) is 5.66 Å². The zero-order valence-corrected chi connectivity index (χ0v) is 12.8. The molecule has 0 atom stereocenters. The van der Waals surface area contributed by atoms with Crippen LogP contribution in [0.1, 0.15) is 45.7 Å². The highest BCUT2D eigenvalue weighted by molar-refractivity contribution is 6.31. The number of fused-ring (bicyclic) bond motifs is 4. The lowest BCUT2D eigenvalue weighted by Gasteiger charge is -2.34. The molecule has 23 heavy (non-hydrogen) atoms. The van der Waals surface area contributed by atoms with Crippen molar-refractivity contribution in [1.82, 2.24) is 0 Å². The zero-order valence-electron chi connectivity index (χ0n) is 12.8. The molecule has 0 spiro atoms. The Balaban J connectivity index is 2.04. The first-order valence-electron chi connectivity index (χ1n) is 7.31. The molecule has 0 unspecified atom stereocenters. The van der Waals surface area contributed by atoms with E-state index in [1.807, 2.05) is 13.8 Å². The Labute approximate surface area is 133 Å². The fourth-order valence-electron chi connectivity index (χ4n) is 3.28. The molecule has 1 aliphatic carbocycles. The standard InChI is InChI=1S/C17H16N4O2/c1-17(2)20(18)12-8-7-11-13(14(12)21(17)19)16(23)10-6-4-3-5-9(10)15(11)22/h3-8H,18-19H2,1-2H3. The summed E-state index contributed by atoms with van der Waals surface area (Å²) < 4.78 is 0. The van der Waals surface area contributed by atoms with Crippen LogP contribution in [0.4, 0.5) is 11.4 Å². The van der Waals surface area contributed by atoms with Gasteiger partial charge in [0.05, 0.1) is 16.9 Å². The van der Waals surface area contributed by atoms with Gasteiger partial charge in [-0.1, -0.05) is 24.3 Å². The van der Waals surface area contributed by atoms with Crippen LogP contribution in [0.2, 0.25) is 0 Å². The van der Waals surface area contributed by atoms with Crippen LogP contribution in [0.3, 0.4) is 0 Å². The minimum absolute atomic E-state index is 0.167. The molecule has 2 aromatic rings. The van der Waals surface area contributed by atoms with Crippen molar-refractivity contribution in [2.75, 3.05) is 10.0 Å². The first-order chi connectivity index (χ1) is 10.9. The summed E-state index contributed by atoms with van der Waals surface area (Å²) in [6, 6.07) is 10.2. The number of hydrogen-bond acceptors (Lipinski definition) is 6. The Morgan fingerprint density at radius 1 is 0.826 bits per heavy atom. The molecule has 4 N–H and O–H groups in total. The summed E-state index contributed by atoms with van der Waals surface area (Å²) in [6.45, 7) is 3.70. The Bertz CT molecular complexity index is 888. The smallest absolute Gasteiger partial charge is 0.196 e. The molecule has 0 fully saturated rings. The van der Waals surface area contributed by atoms with E-state index in [2.05, 4.69) is 0 Å². The zero-order chi connectivity index (χ0) is 16.5. The first kappa shape index (κ1) is 13.9. The SMILES string of the molecule is CC1(C)N(N)c2ccc3c(c2N1N)C(=O)c1ccccc1C3=O. The van der Waals surface area contributed by atoms with Gasteiger partial charge >= 0.3 is 0 Å². The van der Waals surface area contributed by atoms with Gasteiger partial charge in [-0.05, 0) is 26.0 Å². The van der Waals surface area contributed by atoms with Crippen LogP contribution < -0.4 is 21.7 Å². The molecule has 6 nitrogen and oxygen atoms in total. The summed E-state index contributed by atoms with van der Waals surface area (Å²) in [6.07, 6.45) is 0. The van der Waals surface area contributed by atoms with Gasteiger partial charge in [0, 0.05) is 16.7 Å². The van der Waals surface area contributed by atoms with Crippen LogP contribution in [-0.2, 0) is 0 Å². The van der Waals surface area contributed by atoms with Crippen LogP contribution in [0.15, 0.2) is 36.4 Å². The predicted molar refractivity (Wildman–Crippen MR) is 87.2 cm³/mol. The second-order valence-electron chi connectivity index (χ2n) is 6.29. The number of nitrogens with two attached hydrogens (primary N) is 2. The van der Waals surface area contributed by atoms with Crippen molar-refractivity contribution >= 4 is 22.9 Å². The van der Waals surface area contributed by atoms with Gasteiger partial charge in [-0.3, -0.25) is 19.6 Å². The fourth-order valence-corrected chi connectivity index (χ4v) is 3.28. The van der Waals surface area contributed by atoms with Gasteiger partial charge in [-0.25, -0.2) is 11.7 Å². The number of anilines is 2. The Kier molecular flexibility index (Phi) is 2.53. The summed E-state index contributed by atoms with van der Waals surface area (Å²) in [5.74, 6) is 12.0. The van der Waals surface area contributed by atoms with Gasteiger partial charge in [0.15, 0.2) is 11.6 Å². The summed E-state index contributed by atoms with van der Waals surface area (Å²) in [5.41, 5.74) is 1.97. The van der Waals surface area contributed by atoms with Gasteiger partial charge in [-0.15, -0.1) is 0 Å². The van der Waals surface area contributed by atoms with Crippen molar-refractivity contribution in [3.05, 3.63) is 58.7 Å². The maximum atomic E-state index is 13.0. The molecule has 1 aliphatic heterocycles. The van der Waals surface area contributed by atoms with E-state index in [-0.39, 0.29) is 11.6 Å². The van der Waals surface area contributed by atoms with Crippen molar-refractivity contribution < 1.29 is 9.59 Å². The summed E-state index contributed by atoms with van der Waals surface area (Å²) in [7, 11) is 0. The van der Waals surface area contributed by atoms with E-state index in [1.54, 1.807) is 36.4 Å². The topological polar surface area (TPSA) is 92.7 Å². The van der Waals surface area contributed by atoms with Gasteiger partial charge in [-0.2, -0.15) is 0 Å². The Hall–Kier alpha value is -2.70. The molecule has 1 heterocycles. The number of rotatable bonds is 0. The first-order valence-corrected chi connectivity index (χ1v) is 7.31. The van der Waals surface area contributed by atoms with Crippen LogP contribution in [-0.4, -0.2) is 17.2 Å². The molecule has 0 radical (unpaired) electrons. The fraction of sp³-hybridized carbons (Fsp3) is 0.176. The summed E-state index contributed by atoms with van der Waals surface area (Å²) in [5, 5.41) is 2.97. The maximum absolute atomic E-state index is 13.0. The molecule has 4 rings (SSSR count). The summed E-state index contributed by atoms with van der Waals surface area (Å²) in [4.78, 5) is 25.7. The minimum Gasteiger partial charge on any atom is -0.289 e. The third kappa shape index (κ3) is 1.54. The van der Waals surface area contributed by atoms with E-state index in [1.165, 1.54) is 10.0 Å². The van der Waals surface area contributed by atoms with Gasteiger partial charge in [0.2, 0.25) is 0 Å². The second-order valence-corrected chi connectivity index (χ2v) is 6.29. The van der Waals surface area contributed by atoms with Crippen LogP contribution in [0.25, 0.3) is 0 Å². The van der Waals surface area contributed by atoms with Gasteiger partial charge in [0.25, 0.3) is 0 Å². The third-order valence-electron chi connectivity index (χ3n) is 4.72. The van der Waals surface area contributed by atoms with Crippen molar-refractivity contribution in [2.45, 2.75) is 19.5 Å². The quantitative estimate of drug-likeness (QED) is 0.612. The molecule has 0 amide bonds. The van der Waals surface area contributed by atoms with Gasteiger partial charge < -0.3 is 0 Å². The number of ketones is 2.